The van der Waals surface area contributed by atoms with Crippen LogP contribution in [0.25, 0.3) is 21.9 Å². The maximum Gasteiger partial charge on any atom is 0.254 e. The SMILES string of the molecule is O=C(c1ccc2nccnc2c1)N1CC(Oc2ccc3ccccc3n2)C1. The summed E-state index contributed by atoms with van der Waals surface area (Å²) >= 11 is 0. The molecule has 0 bridgehead atoms. The lowest BCUT2D eigenvalue weighted by atomic mass is 10.1. The second-order valence-electron chi connectivity index (χ2n) is 6.55. The molecule has 1 saturated heterocycles. The second-order valence-corrected chi connectivity index (χ2v) is 6.55. The molecule has 6 heteroatoms. The molecule has 1 amide bonds. The largest absolute Gasteiger partial charge is 0.471 e. The van der Waals surface area contributed by atoms with Crippen LogP contribution in [0.3, 0.4) is 0 Å². The molecule has 0 saturated carbocycles. The zero-order chi connectivity index (χ0) is 18.2. The molecule has 1 fully saturated rings. The Morgan fingerprint density at radius 3 is 2.63 bits per heavy atom. The van der Waals surface area contributed by atoms with Gasteiger partial charge < -0.3 is 9.64 Å². The topological polar surface area (TPSA) is 68.2 Å². The number of hydrogen-bond donors (Lipinski definition) is 0. The summed E-state index contributed by atoms with van der Waals surface area (Å²) in [7, 11) is 0. The van der Waals surface area contributed by atoms with Gasteiger partial charge in [-0.2, -0.15) is 0 Å². The van der Waals surface area contributed by atoms with Crippen LogP contribution < -0.4 is 4.74 Å². The summed E-state index contributed by atoms with van der Waals surface area (Å²) in [6, 6.07) is 17.2. The molecule has 4 aromatic rings. The van der Waals surface area contributed by atoms with Gasteiger partial charge in [0.05, 0.1) is 29.6 Å². The first-order valence-corrected chi connectivity index (χ1v) is 8.79. The number of fused-ring (bicyclic) bond motifs is 2. The van der Waals surface area contributed by atoms with E-state index in [1.54, 1.807) is 29.4 Å². The third-order valence-corrected chi connectivity index (χ3v) is 4.71. The van der Waals surface area contributed by atoms with Crippen molar-refractivity contribution in [3.05, 3.63) is 72.6 Å². The van der Waals surface area contributed by atoms with Crippen molar-refractivity contribution in [2.24, 2.45) is 0 Å². The highest BCUT2D eigenvalue weighted by Gasteiger charge is 2.33. The van der Waals surface area contributed by atoms with Crippen LogP contribution in [0, 0.1) is 0 Å². The average Bonchev–Trinajstić information content (AvgIpc) is 2.69. The summed E-state index contributed by atoms with van der Waals surface area (Å²) in [5, 5.41) is 1.08. The van der Waals surface area contributed by atoms with E-state index in [1.165, 1.54) is 0 Å². The van der Waals surface area contributed by atoms with Crippen LogP contribution in [0.1, 0.15) is 10.4 Å². The van der Waals surface area contributed by atoms with Crippen LogP contribution in [0.15, 0.2) is 67.0 Å². The monoisotopic (exact) mass is 356 g/mol. The van der Waals surface area contributed by atoms with E-state index in [1.807, 2.05) is 42.5 Å². The van der Waals surface area contributed by atoms with Gasteiger partial charge >= 0.3 is 0 Å². The Bertz CT molecular complexity index is 1150. The van der Waals surface area contributed by atoms with E-state index in [4.69, 9.17) is 4.74 Å². The quantitative estimate of drug-likeness (QED) is 0.564. The van der Waals surface area contributed by atoms with Gasteiger partial charge in [-0.15, -0.1) is 0 Å². The Labute approximate surface area is 155 Å². The fourth-order valence-electron chi connectivity index (χ4n) is 3.24. The van der Waals surface area contributed by atoms with Crippen molar-refractivity contribution in [3.63, 3.8) is 0 Å². The fraction of sp³-hybridized carbons (Fsp3) is 0.143. The van der Waals surface area contributed by atoms with Crippen molar-refractivity contribution >= 4 is 27.8 Å². The van der Waals surface area contributed by atoms with E-state index in [0.717, 1.165) is 21.9 Å². The molecule has 2 aromatic heterocycles. The number of hydrogen-bond acceptors (Lipinski definition) is 5. The van der Waals surface area contributed by atoms with Crippen LogP contribution in [-0.4, -0.2) is 45.0 Å². The number of aromatic nitrogens is 3. The smallest absolute Gasteiger partial charge is 0.254 e. The molecule has 1 aliphatic rings. The molecule has 132 valence electrons. The van der Waals surface area contributed by atoms with Crippen LogP contribution >= 0.6 is 0 Å². The Hall–Kier alpha value is -3.54. The Morgan fingerprint density at radius 1 is 0.926 bits per heavy atom. The number of carbonyl (C=O) groups is 1. The van der Waals surface area contributed by atoms with Crippen LogP contribution in [-0.2, 0) is 0 Å². The van der Waals surface area contributed by atoms with Gasteiger partial charge in [-0.05, 0) is 30.3 Å². The minimum Gasteiger partial charge on any atom is -0.471 e. The molecular formula is C21H16N4O2. The number of rotatable bonds is 3. The van der Waals surface area contributed by atoms with Crippen LogP contribution in [0.2, 0.25) is 0 Å². The number of pyridine rings is 1. The molecule has 0 aliphatic carbocycles. The molecule has 5 rings (SSSR count). The number of para-hydroxylation sites is 1. The molecule has 6 nitrogen and oxygen atoms in total. The van der Waals surface area contributed by atoms with E-state index >= 15 is 0 Å². The lowest BCUT2D eigenvalue weighted by Gasteiger charge is -2.38. The minimum atomic E-state index is -0.0390. The molecule has 0 spiro atoms. The molecule has 2 aromatic carbocycles. The number of nitrogens with zero attached hydrogens (tertiary/aromatic N) is 4. The van der Waals surface area contributed by atoms with Crippen molar-refractivity contribution in [1.29, 1.82) is 0 Å². The lowest BCUT2D eigenvalue weighted by molar-refractivity contribution is 0.0161. The lowest BCUT2D eigenvalue weighted by Crippen LogP contribution is -2.56. The van der Waals surface area contributed by atoms with Crippen molar-refractivity contribution in [2.75, 3.05) is 13.1 Å². The van der Waals surface area contributed by atoms with E-state index in [9.17, 15) is 4.79 Å². The summed E-state index contributed by atoms with van der Waals surface area (Å²) in [5.41, 5.74) is 3.02. The summed E-state index contributed by atoms with van der Waals surface area (Å²) in [5.74, 6) is 0.570. The third kappa shape index (κ3) is 2.95. The highest BCUT2D eigenvalue weighted by molar-refractivity contribution is 5.97. The predicted octanol–water partition coefficient (Wildman–Crippen LogP) is 3.08. The summed E-state index contributed by atoms with van der Waals surface area (Å²) in [4.78, 5) is 27.4. The van der Waals surface area contributed by atoms with Gasteiger partial charge in [0, 0.05) is 29.4 Å². The Balaban J connectivity index is 1.25. The normalized spacial score (nSPS) is 14.3. The van der Waals surface area contributed by atoms with Gasteiger partial charge in [0.1, 0.15) is 6.10 Å². The maximum absolute atomic E-state index is 12.7. The average molecular weight is 356 g/mol. The molecule has 0 radical (unpaired) electrons. The first-order valence-electron chi connectivity index (χ1n) is 8.79. The van der Waals surface area contributed by atoms with E-state index < -0.39 is 0 Å². The van der Waals surface area contributed by atoms with Crippen molar-refractivity contribution in [2.45, 2.75) is 6.10 Å². The molecule has 1 aliphatic heterocycles. The maximum atomic E-state index is 12.7. The van der Waals surface area contributed by atoms with Crippen LogP contribution in [0.4, 0.5) is 0 Å². The molecule has 3 heterocycles. The van der Waals surface area contributed by atoms with Crippen molar-refractivity contribution in [1.82, 2.24) is 19.9 Å². The number of benzene rings is 2. The number of carbonyl (C=O) groups excluding carboxylic acids is 1. The Morgan fingerprint density at radius 2 is 1.74 bits per heavy atom. The Kier molecular flexibility index (Phi) is 3.67. The second kappa shape index (κ2) is 6.32. The molecule has 0 atom stereocenters. The van der Waals surface area contributed by atoms with Gasteiger partial charge in [0.25, 0.3) is 5.91 Å². The highest BCUT2D eigenvalue weighted by atomic mass is 16.5. The van der Waals surface area contributed by atoms with Crippen LogP contribution in [0.5, 0.6) is 5.88 Å². The first-order chi connectivity index (χ1) is 13.3. The first kappa shape index (κ1) is 15.7. The van der Waals surface area contributed by atoms with Gasteiger partial charge in [-0.1, -0.05) is 18.2 Å². The highest BCUT2D eigenvalue weighted by Crippen LogP contribution is 2.22. The van der Waals surface area contributed by atoms with Crippen molar-refractivity contribution < 1.29 is 9.53 Å². The molecular weight excluding hydrogens is 340 g/mol. The van der Waals surface area contributed by atoms with Gasteiger partial charge in [-0.25, -0.2) is 4.98 Å². The third-order valence-electron chi connectivity index (χ3n) is 4.71. The minimum absolute atomic E-state index is 0.0196. The van der Waals surface area contributed by atoms with Gasteiger partial charge in [0.2, 0.25) is 5.88 Å². The zero-order valence-electron chi connectivity index (χ0n) is 14.4. The predicted molar refractivity (Wildman–Crippen MR) is 102 cm³/mol. The number of ether oxygens (including phenoxy) is 1. The fourth-order valence-corrected chi connectivity index (χ4v) is 3.24. The summed E-state index contributed by atoms with van der Waals surface area (Å²) in [6.45, 7) is 1.09. The molecule has 0 N–H and O–H groups in total. The van der Waals surface area contributed by atoms with Gasteiger partial charge in [0.15, 0.2) is 0 Å². The number of amides is 1. The summed E-state index contributed by atoms with van der Waals surface area (Å²) in [6.07, 6.45) is 3.23. The van der Waals surface area contributed by atoms with Crippen molar-refractivity contribution in [3.8, 4) is 5.88 Å². The zero-order valence-corrected chi connectivity index (χ0v) is 14.4. The summed E-state index contributed by atoms with van der Waals surface area (Å²) < 4.78 is 5.92. The van der Waals surface area contributed by atoms with E-state index in [0.29, 0.717) is 24.5 Å². The number of likely N-dealkylation sites (tertiary alicyclic amines) is 1. The van der Waals surface area contributed by atoms with E-state index in [2.05, 4.69) is 15.0 Å². The molecule has 0 unspecified atom stereocenters. The van der Waals surface area contributed by atoms with E-state index in [-0.39, 0.29) is 12.0 Å². The molecule has 27 heavy (non-hydrogen) atoms. The standard InChI is InChI=1S/C21H16N4O2/c26-21(15-5-7-18-19(11-15)23-10-9-22-18)25-12-16(13-25)27-20-8-6-14-3-1-2-4-17(14)24-20/h1-11,16H,12-13H2. The van der Waals surface area contributed by atoms with Gasteiger partial charge in [-0.3, -0.25) is 14.8 Å².